The van der Waals surface area contributed by atoms with Gasteiger partial charge in [0.1, 0.15) is 0 Å². The van der Waals surface area contributed by atoms with E-state index in [1.807, 2.05) is 41.4 Å². The summed E-state index contributed by atoms with van der Waals surface area (Å²) < 4.78 is 30.6. The molecule has 0 unspecified atom stereocenters. The summed E-state index contributed by atoms with van der Waals surface area (Å²) in [4.78, 5) is 8.69. The number of imidazole rings is 2. The van der Waals surface area contributed by atoms with Crippen molar-refractivity contribution in [2.45, 2.75) is 0 Å². The number of hydrogen-bond acceptors (Lipinski definition) is 2. The van der Waals surface area contributed by atoms with Crippen LogP contribution in [0.25, 0.3) is 33.5 Å². The Labute approximate surface area is 137 Å². The minimum atomic E-state index is -0.883. The number of nitrogens with zero attached hydrogens (tertiary/aromatic N) is 4. The van der Waals surface area contributed by atoms with E-state index in [-0.39, 0.29) is 0 Å². The summed E-state index contributed by atoms with van der Waals surface area (Å²) in [6.07, 6.45) is 3.42. The van der Waals surface area contributed by atoms with E-state index in [2.05, 4.69) is 9.97 Å². The van der Waals surface area contributed by atoms with Crippen LogP contribution in [0.1, 0.15) is 0 Å². The predicted molar refractivity (Wildman–Crippen MR) is 88.3 cm³/mol. The van der Waals surface area contributed by atoms with Gasteiger partial charge in [0, 0.05) is 25.2 Å². The highest BCUT2D eigenvalue weighted by atomic mass is 19.2. The van der Waals surface area contributed by atoms with Crippen molar-refractivity contribution in [3.8, 4) is 22.5 Å². The molecule has 0 saturated heterocycles. The molecule has 0 aliphatic carbocycles. The molecule has 0 spiro atoms. The second kappa shape index (κ2) is 5.26. The van der Waals surface area contributed by atoms with Crippen LogP contribution in [0.2, 0.25) is 0 Å². The number of aryl methyl sites for hydroxylation is 2. The summed E-state index contributed by atoms with van der Waals surface area (Å²) in [5.41, 5.74) is 4.81. The highest BCUT2D eigenvalue weighted by molar-refractivity contribution is 5.86. The maximum absolute atomic E-state index is 13.6. The van der Waals surface area contributed by atoms with Gasteiger partial charge >= 0.3 is 0 Å². The second-order valence-electron chi connectivity index (χ2n) is 5.74. The highest BCUT2D eigenvalue weighted by Gasteiger charge is 2.16. The smallest absolute Gasteiger partial charge is 0.159 e. The maximum atomic E-state index is 13.6. The van der Waals surface area contributed by atoms with Gasteiger partial charge in [-0.05, 0) is 30.3 Å². The molecule has 4 rings (SSSR count). The third-order valence-electron chi connectivity index (χ3n) is 4.13. The first-order valence-corrected chi connectivity index (χ1v) is 7.43. The lowest BCUT2D eigenvalue weighted by Gasteiger charge is -2.08. The first-order chi connectivity index (χ1) is 11.5. The average molecular weight is 324 g/mol. The highest BCUT2D eigenvalue weighted by Crippen LogP contribution is 2.32. The predicted octanol–water partition coefficient (Wildman–Crippen LogP) is 3.92. The minimum Gasteiger partial charge on any atom is -0.334 e. The van der Waals surface area contributed by atoms with Crippen LogP contribution in [0, 0.1) is 11.6 Å². The normalized spacial score (nSPS) is 11.3. The number of aromatic nitrogens is 4. The third-order valence-corrected chi connectivity index (χ3v) is 4.13. The molecule has 4 aromatic rings. The van der Waals surface area contributed by atoms with E-state index in [0.29, 0.717) is 11.3 Å². The summed E-state index contributed by atoms with van der Waals surface area (Å²) in [7, 11) is 3.80. The Morgan fingerprint density at radius 3 is 2.33 bits per heavy atom. The quantitative estimate of drug-likeness (QED) is 0.560. The molecule has 0 atom stereocenters. The average Bonchev–Trinajstić information content (AvgIpc) is 3.13. The van der Waals surface area contributed by atoms with Gasteiger partial charge < -0.3 is 9.13 Å². The molecule has 6 heteroatoms. The molecule has 0 saturated carbocycles. The Hall–Kier alpha value is -3.02. The van der Waals surface area contributed by atoms with Gasteiger partial charge in [0.05, 0.1) is 35.1 Å². The molecule has 0 fully saturated rings. The SMILES string of the molecule is Cn1cnc(-c2ccc(F)c(F)c2)c1-c1ccc2ncn(C)c2c1. The summed E-state index contributed by atoms with van der Waals surface area (Å²) >= 11 is 0. The van der Waals surface area contributed by atoms with E-state index in [4.69, 9.17) is 0 Å². The lowest BCUT2D eigenvalue weighted by molar-refractivity contribution is 0.509. The Morgan fingerprint density at radius 1 is 0.792 bits per heavy atom. The van der Waals surface area contributed by atoms with Crippen LogP contribution in [0.5, 0.6) is 0 Å². The van der Waals surface area contributed by atoms with E-state index in [0.717, 1.165) is 28.4 Å². The fraction of sp³-hybridized carbons (Fsp3) is 0.111. The molecule has 0 amide bonds. The fourth-order valence-corrected chi connectivity index (χ4v) is 2.90. The molecule has 0 aliphatic heterocycles. The van der Waals surface area contributed by atoms with Gasteiger partial charge in [-0.2, -0.15) is 0 Å². The Balaban J connectivity index is 1.92. The standard InChI is InChI=1S/C18H14F2N4/c1-23-9-21-15-6-4-12(8-16(15)23)18-17(22-10-24(18)2)11-3-5-13(19)14(20)7-11/h3-10H,1-2H3. The molecule has 4 nitrogen and oxygen atoms in total. The Bertz CT molecular complexity index is 1060. The first kappa shape index (κ1) is 14.6. The molecule has 2 aromatic heterocycles. The van der Waals surface area contributed by atoms with Crippen LogP contribution < -0.4 is 0 Å². The largest absolute Gasteiger partial charge is 0.334 e. The van der Waals surface area contributed by atoms with E-state index >= 15 is 0 Å². The summed E-state index contributed by atoms with van der Waals surface area (Å²) in [5.74, 6) is -1.75. The van der Waals surface area contributed by atoms with E-state index in [1.165, 1.54) is 12.1 Å². The zero-order valence-electron chi connectivity index (χ0n) is 13.2. The van der Waals surface area contributed by atoms with Crippen molar-refractivity contribution in [2.75, 3.05) is 0 Å². The van der Waals surface area contributed by atoms with Crippen LogP contribution in [0.15, 0.2) is 49.1 Å². The monoisotopic (exact) mass is 324 g/mol. The third kappa shape index (κ3) is 2.19. The van der Waals surface area contributed by atoms with E-state index in [9.17, 15) is 8.78 Å². The number of fused-ring (bicyclic) bond motifs is 1. The van der Waals surface area contributed by atoms with E-state index < -0.39 is 11.6 Å². The van der Waals surface area contributed by atoms with Crippen molar-refractivity contribution in [1.29, 1.82) is 0 Å². The zero-order valence-corrected chi connectivity index (χ0v) is 13.2. The van der Waals surface area contributed by atoms with Crippen molar-refractivity contribution in [3.05, 3.63) is 60.7 Å². The Kier molecular flexibility index (Phi) is 3.19. The first-order valence-electron chi connectivity index (χ1n) is 7.43. The number of rotatable bonds is 2. The van der Waals surface area contributed by atoms with Gasteiger partial charge in [0.15, 0.2) is 11.6 Å². The molecule has 0 radical (unpaired) electrons. The molecule has 24 heavy (non-hydrogen) atoms. The molecular formula is C18H14F2N4. The molecular weight excluding hydrogens is 310 g/mol. The van der Waals surface area contributed by atoms with Gasteiger partial charge in [-0.25, -0.2) is 18.7 Å². The maximum Gasteiger partial charge on any atom is 0.159 e. The zero-order chi connectivity index (χ0) is 16.8. The minimum absolute atomic E-state index is 0.537. The molecule has 2 aromatic carbocycles. The second-order valence-corrected chi connectivity index (χ2v) is 5.74. The van der Waals surface area contributed by atoms with Gasteiger partial charge in [-0.3, -0.25) is 0 Å². The van der Waals surface area contributed by atoms with Crippen LogP contribution in [0.4, 0.5) is 8.78 Å². The van der Waals surface area contributed by atoms with Crippen molar-refractivity contribution < 1.29 is 8.78 Å². The summed E-state index contributed by atoms with van der Waals surface area (Å²) in [5, 5.41) is 0. The number of hydrogen-bond donors (Lipinski definition) is 0. The van der Waals surface area contributed by atoms with Crippen molar-refractivity contribution in [1.82, 2.24) is 19.1 Å². The van der Waals surface area contributed by atoms with Gasteiger partial charge in [0.25, 0.3) is 0 Å². The van der Waals surface area contributed by atoms with Crippen molar-refractivity contribution >= 4 is 11.0 Å². The van der Waals surface area contributed by atoms with Crippen LogP contribution >= 0.6 is 0 Å². The summed E-state index contributed by atoms with van der Waals surface area (Å²) in [6, 6.07) is 9.73. The lowest BCUT2D eigenvalue weighted by atomic mass is 10.0. The van der Waals surface area contributed by atoms with Gasteiger partial charge in [-0.15, -0.1) is 0 Å². The van der Waals surface area contributed by atoms with Gasteiger partial charge in [0.2, 0.25) is 0 Å². The van der Waals surface area contributed by atoms with Crippen LogP contribution in [0.3, 0.4) is 0 Å². The van der Waals surface area contributed by atoms with E-state index in [1.54, 1.807) is 12.7 Å². The van der Waals surface area contributed by atoms with Crippen LogP contribution in [-0.4, -0.2) is 19.1 Å². The fourth-order valence-electron chi connectivity index (χ4n) is 2.90. The molecule has 2 heterocycles. The van der Waals surface area contributed by atoms with Crippen LogP contribution in [-0.2, 0) is 14.1 Å². The summed E-state index contributed by atoms with van der Waals surface area (Å²) in [6.45, 7) is 0. The lowest BCUT2D eigenvalue weighted by Crippen LogP contribution is -1.93. The van der Waals surface area contributed by atoms with Crippen molar-refractivity contribution in [3.63, 3.8) is 0 Å². The number of halogens is 2. The topological polar surface area (TPSA) is 35.6 Å². The van der Waals surface area contributed by atoms with Crippen molar-refractivity contribution in [2.24, 2.45) is 14.1 Å². The molecule has 0 bridgehead atoms. The molecule has 120 valence electrons. The Morgan fingerprint density at radius 2 is 1.54 bits per heavy atom. The number of benzene rings is 2. The molecule has 0 aliphatic rings. The van der Waals surface area contributed by atoms with Gasteiger partial charge in [-0.1, -0.05) is 6.07 Å². The molecule has 0 N–H and O–H groups in total.